The Balaban J connectivity index is 1.87. The highest BCUT2D eigenvalue weighted by molar-refractivity contribution is 5.83. The monoisotopic (exact) mass is 273 g/mol. The van der Waals surface area contributed by atoms with Gasteiger partial charge in [0.25, 0.3) is 0 Å². The fraction of sp³-hybridized carbons (Fsp3) is 0.412. The smallest absolute Gasteiger partial charge is 0.120 e. The van der Waals surface area contributed by atoms with Crippen LogP contribution in [-0.4, -0.2) is 37.9 Å². The largest absolute Gasteiger partial charge is 0.491 e. The minimum atomic E-state index is -0.271. The van der Waals surface area contributed by atoms with Crippen LogP contribution in [-0.2, 0) is 4.74 Å². The van der Waals surface area contributed by atoms with E-state index in [9.17, 15) is 0 Å². The lowest BCUT2D eigenvalue weighted by Crippen LogP contribution is -2.41. The van der Waals surface area contributed by atoms with E-state index in [2.05, 4.69) is 24.3 Å². The first kappa shape index (κ1) is 14.8. The lowest BCUT2D eigenvalue weighted by Gasteiger charge is -2.32. The first-order chi connectivity index (χ1) is 9.49. The van der Waals surface area contributed by atoms with Gasteiger partial charge in [0.15, 0.2) is 0 Å². The molecule has 3 nitrogen and oxygen atoms in total. The fourth-order valence-corrected chi connectivity index (χ4v) is 1.84. The second kappa shape index (κ2) is 6.25. The zero-order valence-corrected chi connectivity index (χ0v) is 12.7. The lowest BCUT2D eigenvalue weighted by molar-refractivity contribution is -0.116. The van der Waals surface area contributed by atoms with Crippen molar-refractivity contribution in [1.82, 2.24) is 4.90 Å². The Labute approximate surface area is 121 Å². The third-order valence-corrected chi connectivity index (χ3v) is 3.61. The maximum Gasteiger partial charge on any atom is 0.120 e. The molecular formula is C17H23NO2. The van der Waals surface area contributed by atoms with E-state index in [1.54, 1.807) is 0 Å². The molecule has 0 amide bonds. The summed E-state index contributed by atoms with van der Waals surface area (Å²) in [6.45, 7) is 5.21. The van der Waals surface area contributed by atoms with Crippen LogP contribution in [0.25, 0.3) is 10.8 Å². The van der Waals surface area contributed by atoms with Crippen LogP contribution < -0.4 is 4.74 Å². The molecule has 0 atom stereocenters. The van der Waals surface area contributed by atoms with Gasteiger partial charge in [-0.15, -0.1) is 0 Å². The highest BCUT2D eigenvalue weighted by Gasteiger charge is 2.20. The fourth-order valence-electron chi connectivity index (χ4n) is 1.84. The molecule has 0 aliphatic carbocycles. The number of hydrogen-bond acceptors (Lipinski definition) is 3. The Morgan fingerprint density at radius 1 is 0.950 bits per heavy atom. The average Bonchev–Trinajstić information content (AvgIpc) is 2.43. The molecule has 0 heterocycles. The third-order valence-electron chi connectivity index (χ3n) is 3.61. The van der Waals surface area contributed by atoms with E-state index in [4.69, 9.17) is 9.47 Å². The van der Waals surface area contributed by atoms with Crippen LogP contribution in [0, 0.1) is 0 Å². The predicted octanol–water partition coefficient (Wildman–Crippen LogP) is 3.53. The van der Waals surface area contributed by atoms with Gasteiger partial charge in [0, 0.05) is 0 Å². The van der Waals surface area contributed by atoms with Crippen molar-refractivity contribution >= 4 is 10.8 Å². The van der Waals surface area contributed by atoms with E-state index >= 15 is 0 Å². The summed E-state index contributed by atoms with van der Waals surface area (Å²) in [6.07, 6.45) is 0. The van der Waals surface area contributed by atoms with Gasteiger partial charge >= 0.3 is 0 Å². The van der Waals surface area contributed by atoms with Crippen LogP contribution in [0.1, 0.15) is 13.8 Å². The van der Waals surface area contributed by atoms with Crippen LogP contribution >= 0.6 is 0 Å². The van der Waals surface area contributed by atoms with Crippen molar-refractivity contribution in [1.29, 1.82) is 0 Å². The van der Waals surface area contributed by atoms with Crippen LogP contribution in [0.5, 0.6) is 5.75 Å². The second-order valence-corrected chi connectivity index (χ2v) is 5.55. The van der Waals surface area contributed by atoms with Crippen molar-refractivity contribution in [2.75, 3.05) is 27.3 Å². The Hall–Kier alpha value is -1.58. The lowest BCUT2D eigenvalue weighted by atomic mass is 10.1. The molecule has 0 aromatic heterocycles. The molecule has 3 heteroatoms. The summed E-state index contributed by atoms with van der Waals surface area (Å²) in [6, 6.07) is 14.4. The number of nitrogens with zero attached hydrogens (tertiary/aromatic N) is 1. The first-order valence-electron chi connectivity index (χ1n) is 6.92. The van der Waals surface area contributed by atoms with Gasteiger partial charge in [-0.1, -0.05) is 30.3 Å². The molecule has 0 bridgehead atoms. The molecule has 0 unspecified atom stereocenters. The SMILES string of the molecule is CN(C)C(C)(C)OCCOc1ccc2ccccc2c1. The van der Waals surface area contributed by atoms with Gasteiger partial charge in [-0.05, 0) is 50.8 Å². The van der Waals surface area contributed by atoms with Crippen molar-refractivity contribution in [2.24, 2.45) is 0 Å². The topological polar surface area (TPSA) is 21.7 Å². The van der Waals surface area contributed by atoms with Gasteiger partial charge in [0.05, 0.1) is 6.61 Å². The number of rotatable bonds is 6. The summed E-state index contributed by atoms with van der Waals surface area (Å²) < 4.78 is 11.5. The predicted molar refractivity (Wildman–Crippen MR) is 83.2 cm³/mol. The molecule has 0 aliphatic rings. The van der Waals surface area contributed by atoms with Gasteiger partial charge in [-0.2, -0.15) is 0 Å². The van der Waals surface area contributed by atoms with Crippen molar-refractivity contribution in [3.63, 3.8) is 0 Å². The molecule has 2 rings (SSSR count). The van der Waals surface area contributed by atoms with Crippen LogP contribution in [0.2, 0.25) is 0 Å². The van der Waals surface area contributed by atoms with Crippen molar-refractivity contribution < 1.29 is 9.47 Å². The van der Waals surface area contributed by atoms with Gasteiger partial charge in [0.2, 0.25) is 0 Å². The third kappa shape index (κ3) is 3.71. The van der Waals surface area contributed by atoms with Gasteiger partial charge < -0.3 is 9.47 Å². The molecule has 20 heavy (non-hydrogen) atoms. The molecule has 108 valence electrons. The first-order valence-corrected chi connectivity index (χ1v) is 6.92. The van der Waals surface area contributed by atoms with E-state index < -0.39 is 0 Å². The number of hydrogen-bond donors (Lipinski definition) is 0. The summed E-state index contributed by atoms with van der Waals surface area (Å²) in [7, 11) is 4.01. The standard InChI is InChI=1S/C17H23NO2/c1-17(2,18(3)4)20-12-11-19-16-10-9-14-7-5-6-8-15(14)13-16/h5-10,13H,11-12H2,1-4H3. The summed E-state index contributed by atoms with van der Waals surface area (Å²) in [4.78, 5) is 2.04. The molecule has 0 fully saturated rings. The van der Waals surface area contributed by atoms with Crippen LogP contribution in [0.3, 0.4) is 0 Å². The molecule has 0 N–H and O–H groups in total. The zero-order valence-electron chi connectivity index (χ0n) is 12.7. The highest BCUT2D eigenvalue weighted by atomic mass is 16.5. The molecule has 2 aromatic carbocycles. The normalized spacial score (nSPS) is 12.1. The van der Waals surface area contributed by atoms with Crippen molar-refractivity contribution in [2.45, 2.75) is 19.6 Å². The molecular weight excluding hydrogens is 250 g/mol. The molecule has 2 aromatic rings. The summed E-state index contributed by atoms with van der Waals surface area (Å²) in [5, 5.41) is 2.42. The number of benzene rings is 2. The van der Waals surface area contributed by atoms with Crippen LogP contribution in [0.15, 0.2) is 42.5 Å². The summed E-state index contributed by atoms with van der Waals surface area (Å²) in [5.41, 5.74) is -0.271. The Morgan fingerprint density at radius 3 is 2.35 bits per heavy atom. The van der Waals surface area contributed by atoms with Crippen LogP contribution in [0.4, 0.5) is 0 Å². The second-order valence-electron chi connectivity index (χ2n) is 5.55. The van der Waals surface area contributed by atoms with Gasteiger partial charge in [-0.25, -0.2) is 0 Å². The number of ether oxygens (including phenoxy) is 2. The highest BCUT2D eigenvalue weighted by Crippen LogP contribution is 2.20. The zero-order chi connectivity index (χ0) is 14.6. The van der Waals surface area contributed by atoms with E-state index in [0.29, 0.717) is 13.2 Å². The molecule has 0 saturated carbocycles. The maximum absolute atomic E-state index is 5.80. The van der Waals surface area contributed by atoms with E-state index in [0.717, 1.165) is 5.75 Å². The van der Waals surface area contributed by atoms with Gasteiger partial charge in [-0.3, -0.25) is 4.90 Å². The van der Waals surface area contributed by atoms with E-state index in [1.165, 1.54) is 10.8 Å². The van der Waals surface area contributed by atoms with E-state index in [1.807, 2.05) is 51.0 Å². The average molecular weight is 273 g/mol. The Bertz CT molecular complexity index is 564. The van der Waals surface area contributed by atoms with Gasteiger partial charge in [0.1, 0.15) is 18.1 Å². The number of fused-ring (bicyclic) bond motifs is 1. The minimum Gasteiger partial charge on any atom is -0.491 e. The molecule has 0 radical (unpaired) electrons. The molecule has 0 spiro atoms. The molecule has 0 saturated heterocycles. The van der Waals surface area contributed by atoms with E-state index in [-0.39, 0.29) is 5.72 Å². The Kier molecular flexibility index (Phi) is 4.63. The molecule has 0 aliphatic heterocycles. The summed E-state index contributed by atoms with van der Waals surface area (Å²) >= 11 is 0. The minimum absolute atomic E-state index is 0.271. The maximum atomic E-state index is 5.80. The quantitative estimate of drug-likeness (QED) is 0.593. The Morgan fingerprint density at radius 2 is 1.65 bits per heavy atom. The van der Waals surface area contributed by atoms with Crippen molar-refractivity contribution in [3.05, 3.63) is 42.5 Å². The summed E-state index contributed by atoms with van der Waals surface area (Å²) in [5.74, 6) is 0.884. The van der Waals surface area contributed by atoms with Crippen molar-refractivity contribution in [3.8, 4) is 5.75 Å².